The van der Waals surface area contributed by atoms with Crippen LogP contribution in [0.1, 0.15) is 56.6 Å². The number of carbonyl (C=O) groups is 1. The van der Waals surface area contributed by atoms with Crippen molar-refractivity contribution in [1.29, 1.82) is 0 Å². The number of nitrogens with one attached hydrogen (secondary N) is 2. The van der Waals surface area contributed by atoms with Crippen molar-refractivity contribution in [3.8, 4) is 0 Å². The number of sulfonamides is 1. The van der Waals surface area contributed by atoms with E-state index in [1.54, 1.807) is 30.3 Å². The van der Waals surface area contributed by atoms with Crippen LogP contribution in [0.3, 0.4) is 0 Å². The van der Waals surface area contributed by atoms with Crippen LogP contribution in [-0.2, 0) is 28.9 Å². The number of fused-ring (bicyclic) bond motifs is 1. The van der Waals surface area contributed by atoms with E-state index in [9.17, 15) is 22.8 Å². The fraction of sp³-hybridized carbons (Fsp3) is 0.423. The summed E-state index contributed by atoms with van der Waals surface area (Å²) in [6, 6.07) is 11.6. The van der Waals surface area contributed by atoms with Crippen molar-refractivity contribution in [2.75, 3.05) is 0 Å². The molecule has 0 aliphatic heterocycles. The highest BCUT2D eigenvalue weighted by atomic mass is 32.2. The van der Waals surface area contributed by atoms with E-state index in [1.807, 2.05) is 0 Å². The maximum atomic E-state index is 13.4. The van der Waals surface area contributed by atoms with Gasteiger partial charge in [0, 0.05) is 20.1 Å². The number of amides is 1. The maximum Gasteiger partial charge on any atom is 0.330 e. The predicted molar refractivity (Wildman–Crippen MR) is 138 cm³/mol. The van der Waals surface area contributed by atoms with Gasteiger partial charge in [-0.25, -0.2) is 13.2 Å². The first-order valence-electron chi connectivity index (χ1n) is 12.3. The van der Waals surface area contributed by atoms with Gasteiger partial charge in [-0.3, -0.25) is 18.7 Å². The zero-order valence-electron chi connectivity index (χ0n) is 20.6. The monoisotopic (exact) mass is 512 g/mol. The van der Waals surface area contributed by atoms with Gasteiger partial charge >= 0.3 is 5.69 Å². The molecule has 1 amide bonds. The number of carbonyl (C=O) groups excluding carboxylic acids is 1. The minimum atomic E-state index is -4.20. The molecule has 2 N–H and O–H groups in total. The Bertz CT molecular complexity index is 1470. The summed E-state index contributed by atoms with van der Waals surface area (Å²) >= 11 is 0. The third-order valence-electron chi connectivity index (χ3n) is 6.87. The maximum absolute atomic E-state index is 13.4. The highest BCUT2D eigenvalue weighted by Crippen LogP contribution is 2.22. The Hall–Kier alpha value is -3.24. The minimum absolute atomic E-state index is 0.00139. The van der Waals surface area contributed by atoms with Gasteiger partial charge in [0.25, 0.3) is 5.56 Å². The van der Waals surface area contributed by atoms with Crippen molar-refractivity contribution in [2.45, 2.75) is 61.9 Å². The molecule has 1 heterocycles. The summed E-state index contributed by atoms with van der Waals surface area (Å²) in [5.41, 5.74) is -0.254. The van der Waals surface area contributed by atoms with E-state index in [2.05, 4.69) is 10.0 Å². The first-order valence-corrected chi connectivity index (χ1v) is 13.7. The van der Waals surface area contributed by atoms with E-state index in [4.69, 9.17) is 0 Å². The molecule has 1 aliphatic rings. The molecule has 1 saturated carbocycles. The second-order valence-corrected chi connectivity index (χ2v) is 11.1. The summed E-state index contributed by atoms with van der Waals surface area (Å²) in [4.78, 5) is 38.1. The lowest BCUT2D eigenvalue weighted by molar-refractivity contribution is -0.123. The summed E-state index contributed by atoms with van der Waals surface area (Å²) in [7, 11) is -1.34. The van der Waals surface area contributed by atoms with Crippen LogP contribution in [0.4, 0.5) is 0 Å². The van der Waals surface area contributed by atoms with Gasteiger partial charge in [-0.2, -0.15) is 4.72 Å². The lowest BCUT2D eigenvalue weighted by atomic mass is 9.96. The van der Waals surface area contributed by atoms with Gasteiger partial charge in [0.2, 0.25) is 15.9 Å². The number of rotatable bonds is 6. The standard InChI is InChI=1S/C26H32N4O5S/c1-29-22-16-15-20(17-21(22)25(32)30(2)26(29)33)36(34,35)28-23(18-11-7-6-8-12-18)24(31)27-19-13-9-4-3-5-10-14-19/h6-8,11-12,15-17,19,23,28H,3-5,9-10,13-14H2,1-2H3,(H,27,31)/t23-/m0/s1. The van der Waals surface area contributed by atoms with E-state index in [0.717, 1.165) is 43.1 Å². The van der Waals surface area contributed by atoms with Gasteiger partial charge in [-0.15, -0.1) is 0 Å². The number of aryl methyl sites for hydroxylation is 1. The van der Waals surface area contributed by atoms with Crippen molar-refractivity contribution >= 4 is 26.8 Å². The highest BCUT2D eigenvalue weighted by Gasteiger charge is 2.29. The number of aromatic nitrogens is 2. The van der Waals surface area contributed by atoms with Crippen LogP contribution in [-0.4, -0.2) is 29.5 Å². The molecule has 0 bridgehead atoms. The SMILES string of the molecule is Cn1c(=O)c2cc(S(=O)(=O)N[C@H](C(=O)NC3CCCCCCC3)c3ccccc3)ccc2n(C)c1=O. The normalized spacial score (nSPS) is 16.3. The highest BCUT2D eigenvalue weighted by molar-refractivity contribution is 7.89. The van der Waals surface area contributed by atoms with Gasteiger partial charge in [0.1, 0.15) is 6.04 Å². The zero-order chi connectivity index (χ0) is 25.9. The van der Waals surface area contributed by atoms with Gasteiger partial charge in [0.05, 0.1) is 15.8 Å². The van der Waals surface area contributed by atoms with Gasteiger partial charge in [-0.1, -0.05) is 62.4 Å². The van der Waals surface area contributed by atoms with Crippen molar-refractivity contribution in [3.63, 3.8) is 0 Å². The molecule has 2 aromatic carbocycles. The fourth-order valence-corrected chi connectivity index (χ4v) is 5.98. The Morgan fingerprint density at radius 3 is 2.22 bits per heavy atom. The zero-order valence-corrected chi connectivity index (χ0v) is 21.4. The molecule has 10 heteroatoms. The molecular formula is C26H32N4O5S. The summed E-state index contributed by atoms with van der Waals surface area (Å²) in [6.07, 6.45) is 7.26. The van der Waals surface area contributed by atoms with E-state index in [-0.39, 0.29) is 16.3 Å². The van der Waals surface area contributed by atoms with Crippen molar-refractivity contribution < 1.29 is 13.2 Å². The first kappa shape index (κ1) is 25.8. The molecule has 192 valence electrons. The average Bonchev–Trinajstić information content (AvgIpc) is 2.86. The Morgan fingerprint density at radius 1 is 0.917 bits per heavy atom. The summed E-state index contributed by atoms with van der Waals surface area (Å²) < 4.78 is 31.6. The van der Waals surface area contributed by atoms with Crippen LogP contribution < -0.4 is 21.3 Å². The molecule has 4 rings (SSSR count). The van der Waals surface area contributed by atoms with E-state index >= 15 is 0 Å². The largest absolute Gasteiger partial charge is 0.352 e. The smallest absolute Gasteiger partial charge is 0.330 e. The van der Waals surface area contributed by atoms with Crippen molar-refractivity contribution in [3.05, 3.63) is 74.9 Å². The molecule has 0 unspecified atom stereocenters. The molecule has 36 heavy (non-hydrogen) atoms. The fourth-order valence-electron chi connectivity index (χ4n) is 4.77. The molecule has 1 atom stereocenters. The first-order chi connectivity index (χ1) is 17.2. The second-order valence-electron chi connectivity index (χ2n) is 9.40. The van der Waals surface area contributed by atoms with Gasteiger partial charge < -0.3 is 5.32 Å². The average molecular weight is 513 g/mol. The van der Waals surface area contributed by atoms with Crippen molar-refractivity contribution in [2.24, 2.45) is 14.1 Å². The van der Waals surface area contributed by atoms with Crippen LogP contribution in [0.25, 0.3) is 10.9 Å². The second kappa shape index (κ2) is 10.8. The van der Waals surface area contributed by atoms with Crippen LogP contribution in [0.2, 0.25) is 0 Å². The molecule has 0 radical (unpaired) electrons. The lowest BCUT2D eigenvalue weighted by Gasteiger charge is -2.25. The van der Waals surface area contributed by atoms with Crippen LogP contribution in [0, 0.1) is 0 Å². The third kappa shape index (κ3) is 5.44. The van der Waals surface area contributed by atoms with Gasteiger partial charge in [-0.05, 0) is 36.6 Å². The summed E-state index contributed by atoms with van der Waals surface area (Å²) in [5, 5.41) is 3.16. The molecular weight excluding hydrogens is 480 g/mol. The Labute approximate surface area is 210 Å². The number of nitrogens with zero attached hydrogens (tertiary/aromatic N) is 2. The number of hydrogen-bond acceptors (Lipinski definition) is 5. The van der Waals surface area contributed by atoms with Crippen LogP contribution in [0.5, 0.6) is 0 Å². The van der Waals surface area contributed by atoms with Crippen LogP contribution in [0.15, 0.2) is 63.0 Å². The Kier molecular flexibility index (Phi) is 7.75. The minimum Gasteiger partial charge on any atom is -0.352 e. The molecule has 3 aromatic rings. The summed E-state index contributed by atoms with van der Waals surface area (Å²) in [6.45, 7) is 0. The van der Waals surface area contributed by atoms with E-state index < -0.39 is 33.2 Å². The summed E-state index contributed by atoms with van der Waals surface area (Å²) in [5.74, 6) is -0.408. The molecule has 0 saturated heterocycles. The number of hydrogen-bond donors (Lipinski definition) is 2. The Balaban J connectivity index is 1.67. The van der Waals surface area contributed by atoms with Gasteiger partial charge in [0.15, 0.2) is 0 Å². The topological polar surface area (TPSA) is 119 Å². The lowest BCUT2D eigenvalue weighted by Crippen LogP contribution is -2.44. The third-order valence-corrected chi connectivity index (χ3v) is 8.29. The molecule has 1 aliphatic carbocycles. The quantitative estimate of drug-likeness (QED) is 0.526. The van der Waals surface area contributed by atoms with Crippen LogP contribution >= 0.6 is 0 Å². The van der Waals surface area contributed by atoms with E-state index in [1.165, 1.54) is 43.3 Å². The molecule has 1 aromatic heterocycles. The van der Waals surface area contributed by atoms with E-state index in [0.29, 0.717) is 11.1 Å². The van der Waals surface area contributed by atoms with Crippen molar-refractivity contribution in [1.82, 2.24) is 19.2 Å². The molecule has 9 nitrogen and oxygen atoms in total. The Morgan fingerprint density at radius 2 is 1.56 bits per heavy atom. The predicted octanol–water partition coefficient (Wildman–Crippen LogP) is 2.49. The molecule has 1 fully saturated rings. The number of benzene rings is 2. The molecule has 0 spiro atoms.